The Labute approximate surface area is 104 Å². The Balaban J connectivity index is 3.17. The van der Waals surface area contributed by atoms with Crippen LogP contribution in [0.15, 0.2) is 12.3 Å². The van der Waals surface area contributed by atoms with Crippen LogP contribution in [0.5, 0.6) is 0 Å². The standard InChI is InChI=1S/C12H15NO5/c1-12(2,3)18-11(16)13-6-5-8(7-14)9(13)10(15)17-4/h5-7H,1-4H3. The van der Waals surface area contributed by atoms with Crippen molar-refractivity contribution in [3.63, 3.8) is 0 Å². The van der Waals surface area contributed by atoms with E-state index in [1.807, 2.05) is 0 Å². The number of esters is 1. The van der Waals surface area contributed by atoms with E-state index in [2.05, 4.69) is 4.74 Å². The van der Waals surface area contributed by atoms with Crippen LogP contribution in [0.25, 0.3) is 0 Å². The van der Waals surface area contributed by atoms with Gasteiger partial charge in [-0.3, -0.25) is 4.79 Å². The largest absolute Gasteiger partial charge is 0.464 e. The van der Waals surface area contributed by atoms with Crippen LogP contribution in [-0.2, 0) is 9.47 Å². The second-order valence-corrected chi connectivity index (χ2v) is 4.58. The summed E-state index contributed by atoms with van der Waals surface area (Å²) < 4.78 is 10.6. The van der Waals surface area contributed by atoms with Crippen LogP contribution in [-0.4, -0.2) is 35.6 Å². The molecule has 0 amide bonds. The molecule has 98 valence electrons. The first-order valence-electron chi connectivity index (χ1n) is 5.28. The topological polar surface area (TPSA) is 74.6 Å². The second-order valence-electron chi connectivity index (χ2n) is 4.58. The number of hydrogen-bond donors (Lipinski definition) is 0. The molecule has 18 heavy (non-hydrogen) atoms. The molecule has 0 aromatic carbocycles. The second kappa shape index (κ2) is 5.03. The Morgan fingerprint density at radius 3 is 2.39 bits per heavy atom. The number of carbonyl (C=O) groups is 3. The Morgan fingerprint density at radius 2 is 1.94 bits per heavy atom. The van der Waals surface area contributed by atoms with Crippen molar-refractivity contribution in [1.82, 2.24) is 4.57 Å². The van der Waals surface area contributed by atoms with Crippen LogP contribution < -0.4 is 0 Å². The van der Waals surface area contributed by atoms with Crippen molar-refractivity contribution in [2.24, 2.45) is 0 Å². The smallest absolute Gasteiger partial charge is 0.419 e. The zero-order chi connectivity index (χ0) is 13.9. The van der Waals surface area contributed by atoms with Gasteiger partial charge in [-0.2, -0.15) is 0 Å². The van der Waals surface area contributed by atoms with Crippen molar-refractivity contribution in [3.05, 3.63) is 23.5 Å². The maximum atomic E-state index is 11.8. The molecule has 0 spiro atoms. The number of ether oxygens (including phenoxy) is 2. The number of nitrogens with zero attached hydrogens (tertiary/aromatic N) is 1. The minimum absolute atomic E-state index is 0.0766. The maximum absolute atomic E-state index is 11.8. The molecule has 0 aliphatic heterocycles. The summed E-state index contributed by atoms with van der Waals surface area (Å²) in [5.41, 5.74) is -0.759. The predicted octanol–water partition coefficient (Wildman–Crippen LogP) is 1.87. The van der Waals surface area contributed by atoms with Crippen LogP contribution in [0.1, 0.15) is 41.6 Å². The Morgan fingerprint density at radius 1 is 1.33 bits per heavy atom. The highest BCUT2D eigenvalue weighted by Crippen LogP contribution is 2.15. The minimum atomic E-state index is -0.770. The molecule has 1 aromatic heterocycles. The third kappa shape index (κ3) is 2.97. The highest BCUT2D eigenvalue weighted by Gasteiger charge is 2.25. The van der Waals surface area contributed by atoms with Crippen molar-refractivity contribution in [2.75, 3.05) is 7.11 Å². The summed E-state index contributed by atoms with van der Waals surface area (Å²) in [6.45, 7) is 5.10. The molecule has 1 rings (SSSR count). The molecule has 1 aromatic rings. The van der Waals surface area contributed by atoms with E-state index in [1.165, 1.54) is 19.4 Å². The number of rotatable bonds is 2. The van der Waals surface area contributed by atoms with Gasteiger partial charge >= 0.3 is 12.1 Å². The van der Waals surface area contributed by atoms with Crippen LogP contribution in [0.2, 0.25) is 0 Å². The highest BCUT2D eigenvalue weighted by molar-refractivity contribution is 5.99. The van der Waals surface area contributed by atoms with Crippen LogP contribution in [0, 0.1) is 0 Å². The molecule has 0 radical (unpaired) electrons. The Bertz CT molecular complexity index is 481. The monoisotopic (exact) mass is 253 g/mol. The number of aromatic nitrogens is 1. The molecule has 6 nitrogen and oxygen atoms in total. The van der Waals surface area contributed by atoms with E-state index in [0.29, 0.717) is 6.29 Å². The normalized spacial score (nSPS) is 10.9. The third-order valence-electron chi connectivity index (χ3n) is 2.01. The SMILES string of the molecule is COC(=O)c1c(C=O)ccn1C(=O)OC(C)(C)C. The molecular weight excluding hydrogens is 238 g/mol. The fourth-order valence-electron chi connectivity index (χ4n) is 1.32. The number of methoxy groups -OCH3 is 1. The molecule has 1 heterocycles. The van der Waals surface area contributed by atoms with Crippen LogP contribution >= 0.6 is 0 Å². The molecule has 0 saturated carbocycles. The quantitative estimate of drug-likeness (QED) is 0.594. The van der Waals surface area contributed by atoms with Crippen molar-refractivity contribution in [2.45, 2.75) is 26.4 Å². The third-order valence-corrected chi connectivity index (χ3v) is 2.01. The van der Waals surface area contributed by atoms with Gasteiger partial charge in [0.15, 0.2) is 6.29 Å². The first-order valence-corrected chi connectivity index (χ1v) is 5.28. The lowest BCUT2D eigenvalue weighted by Crippen LogP contribution is -2.29. The average Bonchev–Trinajstić information content (AvgIpc) is 2.69. The van der Waals surface area contributed by atoms with Gasteiger partial charge in [0.05, 0.1) is 7.11 Å². The summed E-state index contributed by atoms with van der Waals surface area (Å²) in [6, 6.07) is 1.35. The van der Waals surface area contributed by atoms with E-state index in [0.717, 1.165) is 4.57 Å². The average molecular weight is 253 g/mol. The van der Waals surface area contributed by atoms with Gasteiger partial charge in [0.25, 0.3) is 0 Å². The molecule has 6 heteroatoms. The van der Waals surface area contributed by atoms with E-state index in [-0.39, 0.29) is 11.3 Å². The lowest BCUT2D eigenvalue weighted by molar-refractivity contribution is 0.0483. The molecule has 0 bridgehead atoms. The summed E-state index contributed by atoms with van der Waals surface area (Å²) >= 11 is 0. The highest BCUT2D eigenvalue weighted by atomic mass is 16.6. The maximum Gasteiger partial charge on any atom is 0.419 e. The van der Waals surface area contributed by atoms with Crippen molar-refractivity contribution < 1.29 is 23.9 Å². The predicted molar refractivity (Wildman–Crippen MR) is 62.8 cm³/mol. The van der Waals surface area contributed by atoms with Gasteiger partial charge in [0.2, 0.25) is 0 Å². The lowest BCUT2D eigenvalue weighted by Gasteiger charge is -2.20. The molecule has 0 saturated heterocycles. The molecule has 0 aliphatic carbocycles. The van der Waals surface area contributed by atoms with E-state index in [4.69, 9.17) is 4.74 Å². The van der Waals surface area contributed by atoms with E-state index in [9.17, 15) is 14.4 Å². The summed E-state index contributed by atoms with van der Waals surface area (Å²) in [7, 11) is 1.17. The zero-order valence-electron chi connectivity index (χ0n) is 10.7. The molecular formula is C12H15NO5. The Hall–Kier alpha value is -2.11. The van der Waals surface area contributed by atoms with Gasteiger partial charge in [-0.15, -0.1) is 0 Å². The summed E-state index contributed by atoms with van der Waals surface area (Å²) in [4.78, 5) is 34.2. The van der Waals surface area contributed by atoms with Crippen molar-refractivity contribution >= 4 is 18.3 Å². The van der Waals surface area contributed by atoms with Gasteiger partial charge in [-0.25, -0.2) is 14.2 Å². The fourth-order valence-corrected chi connectivity index (χ4v) is 1.32. The lowest BCUT2D eigenvalue weighted by atomic mass is 10.2. The van der Waals surface area contributed by atoms with Gasteiger partial charge < -0.3 is 9.47 Å². The number of carbonyl (C=O) groups excluding carboxylic acids is 3. The summed E-state index contributed by atoms with van der Waals surface area (Å²) in [6.07, 6.45) is 1.04. The van der Waals surface area contributed by atoms with Crippen LogP contribution in [0.4, 0.5) is 4.79 Å². The van der Waals surface area contributed by atoms with E-state index >= 15 is 0 Å². The molecule has 0 unspecified atom stereocenters. The van der Waals surface area contributed by atoms with E-state index in [1.54, 1.807) is 20.8 Å². The Kier molecular flexibility index (Phi) is 3.90. The number of aldehydes is 1. The summed E-state index contributed by atoms with van der Waals surface area (Å²) in [5, 5.41) is 0. The van der Waals surface area contributed by atoms with Crippen LogP contribution in [0.3, 0.4) is 0 Å². The molecule has 0 fully saturated rings. The fraction of sp³-hybridized carbons (Fsp3) is 0.417. The van der Waals surface area contributed by atoms with Crippen molar-refractivity contribution in [1.29, 1.82) is 0 Å². The molecule has 0 N–H and O–H groups in total. The molecule has 0 atom stereocenters. The van der Waals surface area contributed by atoms with Gasteiger partial charge in [-0.05, 0) is 26.8 Å². The van der Waals surface area contributed by atoms with Gasteiger partial charge in [0.1, 0.15) is 11.3 Å². The van der Waals surface area contributed by atoms with Gasteiger partial charge in [0, 0.05) is 11.8 Å². The first-order chi connectivity index (χ1) is 8.30. The number of hydrogen-bond acceptors (Lipinski definition) is 5. The van der Waals surface area contributed by atoms with E-state index < -0.39 is 17.7 Å². The van der Waals surface area contributed by atoms with Crippen molar-refractivity contribution in [3.8, 4) is 0 Å². The molecule has 0 aliphatic rings. The van der Waals surface area contributed by atoms with Gasteiger partial charge in [-0.1, -0.05) is 0 Å². The minimum Gasteiger partial charge on any atom is -0.464 e. The zero-order valence-corrected chi connectivity index (χ0v) is 10.7. The first kappa shape index (κ1) is 14.0. The summed E-state index contributed by atoms with van der Waals surface area (Å²) in [5.74, 6) is -0.770.